The third-order valence-corrected chi connectivity index (χ3v) is 4.20. The Hall–Kier alpha value is -2.11. The lowest BCUT2D eigenvalue weighted by Gasteiger charge is -2.35. The van der Waals surface area contributed by atoms with E-state index in [-0.39, 0.29) is 17.9 Å². The van der Waals surface area contributed by atoms with Crippen molar-refractivity contribution < 1.29 is 14.3 Å². The zero-order valence-corrected chi connectivity index (χ0v) is 15.9. The Kier molecular flexibility index (Phi) is 6.03. The van der Waals surface area contributed by atoms with Gasteiger partial charge in [0, 0.05) is 38.6 Å². The number of hydrogen-bond donors (Lipinski definition) is 0. The lowest BCUT2D eigenvalue weighted by Crippen LogP contribution is -2.45. The van der Waals surface area contributed by atoms with Gasteiger partial charge < -0.3 is 14.5 Å². The normalized spacial score (nSPS) is 18.0. The number of nitrogens with zero attached hydrogens (tertiary/aromatic N) is 3. The first-order valence-corrected chi connectivity index (χ1v) is 8.82. The van der Waals surface area contributed by atoms with Crippen LogP contribution in [0, 0.1) is 12.8 Å². The number of carbonyl (C=O) groups is 2. The average molecular weight is 347 g/mol. The van der Waals surface area contributed by atoms with E-state index >= 15 is 0 Å². The first-order chi connectivity index (χ1) is 11.7. The summed E-state index contributed by atoms with van der Waals surface area (Å²) in [5.41, 5.74) is 1.01. The molecule has 0 aliphatic carbocycles. The van der Waals surface area contributed by atoms with Gasteiger partial charge in [0.05, 0.1) is 5.56 Å². The van der Waals surface area contributed by atoms with Gasteiger partial charge in [0.15, 0.2) is 0 Å². The Labute approximate surface area is 150 Å². The number of hydrogen-bond acceptors (Lipinski definition) is 4. The summed E-state index contributed by atoms with van der Waals surface area (Å²) in [5, 5.41) is 0. The molecule has 6 nitrogen and oxygen atoms in total. The SMILES string of the molecule is Cc1ccc(C(=O)N2CCCC(CN(C)C(=O)OC(C)(C)C)C2)cn1. The lowest BCUT2D eigenvalue weighted by atomic mass is 9.97. The molecular weight excluding hydrogens is 318 g/mol. The molecule has 1 aliphatic heterocycles. The van der Waals surface area contributed by atoms with Gasteiger partial charge in [-0.05, 0) is 58.6 Å². The predicted octanol–water partition coefficient (Wildman–Crippen LogP) is 3.11. The van der Waals surface area contributed by atoms with E-state index in [9.17, 15) is 9.59 Å². The van der Waals surface area contributed by atoms with E-state index in [0.29, 0.717) is 18.7 Å². The van der Waals surface area contributed by atoms with E-state index in [0.717, 1.165) is 25.1 Å². The Balaban J connectivity index is 1.93. The minimum atomic E-state index is -0.502. The van der Waals surface area contributed by atoms with E-state index in [1.807, 2.05) is 44.7 Å². The predicted molar refractivity (Wildman–Crippen MR) is 96.5 cm³/mol. The number of piperidine rings is 1. The second-order valence-corrected chi connectivity index (χ2v) is 7.81. The molecule has 1 saturated heterocycles. The van der Waals surface area contributed by atoms with Crippen LogP contribution in [0.3, 0.4) is 0 Å². The van der Waals surface area contributed by atoms with Crippen molar-refractivity contribution in [2.75, 3.05) is 26.7 Å². The van der Waals surface area contributed by atoms with Crippen molar-refractivity contribution in [3.63, 3.8) is 0 Å². The second kappa shape index (κ2) is 7.85. The molecule has 0 saturated carbocycles. The molecule has 6 heteroatoms. The summed E-state index contributed by atoms with van der Waals surface area (Å²) >= 11 is 0. The molecule has 0 aromatic carbocycles. The van der Waals surface area contributed by atoms with Gasteiger partial charge in [0.2, 0.25) is 0 Å². The number of amides is 2. The topological polar surface area (TPSA) is 62.7 Å². The average Bonchev–Trinajstić information content (AvgIpc) is 2.53. The number of carbonyl (C=O) groups excluding carboxylic acids is 2. The highest BCUT2D eigenvalue weighted by Crippen LogP contribution is 2.20. The van der Waals surface area contributed by atoms with Crippen molar-refractivity contribution in [3.05, 3.63) is 29.6 Å². The van der Waals surface area contributed by atoms with Crippen molar-refractivity contribution in [1.82, 2.24) is 14.8 Å². The quantitative estimate of drug-likeness (QED) is 0.843. The molecule has 1 unspecified atom stereocenters. The van der Waals surface area contributed by atoms with Crippen LogP contribution in [0.5, 0.6) is 0 Å². The molecular formula is C19H29N3O3. The summed E-state index contributed by atoms with van der Waals surface area (Å²) in [4.78, 5) is 32.4. The zero-order valence-electron chi connectivity index (χ0n) is 15.9. The zero-order chi connectivity index (χ0) is 18.6. The van der Waals surface area contributed by atoms with Gasteiger partial charge in [-0.1, -0.05) is 0 Å². The van der Waals surface area contributed by atoms with Gasteiger partial charge in [-0.3, -0.25) is 9.78 Å². The molecule has 1 fully saturated rings. The number of pyridine rings is 1. The summed E-state index contributed by atoms with van der Waals surface area (Å²) in [6.07, 6.45) is 3.26. The maximum Gasteiger partial charge on any atom is 0.410 e. The molecule has 0 radical (unpaired) electrons. The minimum Gasteiger partial charge on any atom is -0.444 e. The van der Waals surface area contributed by atoms with Crippen LogP contribution in [-0.4, -0.2) is 59.1 Å². The van der Waals surface area contributed by atoms with Gasteiger partial charge in [-0.2, -0.15) is 0 Å². The fourth-order valence-corrected chi connectivity index (χ4v) is 2.98. The van der Waals surface area contributed by atoms with Gasteiger partial charge in [-0.25, -0.2) is 4.79 Å². The molecule has 2 amide bonds. The van der Waals surface area contributed by atoms with Crippen LogP contribution >= 0.6 is 0 Å². The van der Waals surface area contributed by atoms with Crippen LogP contribution < -0.4 is 0 Å². The third kappa shape index (κ3) is 5.73. The highest BCUT2D eigenvalue weighted by Gasteiger charge is 2.27. The number of likely N-dealkylation sites (tertiary alicyclic amines) is 1. The number of ether oxygens (including phenoxy) is 1. The van der Waals surface area contributed by atoms with E-state index in [1.165, 1.54) is 0 Å². The van der Waals surface area contributed by atoms with Crippen molar-refractivity contribution >= 4 is 12.0 Å². The van der Waals surface area contributed by atoms with Crippen molar-refractivity contribution in [3.8, 4) is 0 Å². The van der Waals surface area contributed by atoms with Crippen LogP contribution in [0.25, 0.3) is 0 Å². The summed E-state index contributed by atoms with van der Waals surface area (Å²) < 4.78 is 5.39. The van der Waals surface area contributed by atoms with Crippen molar-refractivity contribution in [2.45, 2.75) is 46.1 Å². The molecule has 0 spiro atoms. The fourth-order valence-electron chi connectivity index (χ4n) is 2.98. The third-order valence-electron chi connectivity index (χ3n) is 4.20. The highest BCUT2D eigenvalue weighted by atomic mass is 16.6. The Morgan fingerprint density at radius 2 is 2.08 bits per heavy atom. The molecule has 138 valence electrons. The fraction of sp³-hybridized carbons (Fsp3) is 0.632. The number of aryl methyl sites for hydroxylation is 1. The van der Waals surface area contributed by atoms with Crippen LogP contribution in [-0.2, 0) is 4.74 Å². The van der Waals surface area contributed by atoms with Crippen molar-refractivity contribution in [1.29, 1.82) is 0 Å². The maximum atomic E-state index is 12.6. The molecule has 1 atom stereocenters. The summed E-state index contributed by atoms with van der Waals surface area (Å²) in [7, 11) is 1.75. The van der Waals surface area contributed by atoms with Crippen LogP contribution in [0.2, 0.25) is 0 Å². The Morgan fingerprint density at radius 3 is 2.68 bits per heavy atom. The van der Waals surface area contributed by atoms with E-state index < -0.39 is 5.60 Å². The smallest absolute Gasteiger partial charge is 0.410 e. The second-order valence-electron chi connectivity index (χ2n) is 7.81. The first-order valence-electron chi connectivity index (χ1n) is 8.82. The van der Waals surface area contributed by atoms with Crippen LogP contribution in [0.1, 0.15) is 49.7 Å². The molecule has 1 aliphatic rings. The Bertz CT molecular complexity index is 607. The lowest BCUT2D eigenvalue weighted by molar-refractivity contribution is 0.0244. The van der Waals surface area contributed by atoms with E-state index in [1.54, 1.807) is 18.1 Å². The van der Waals surface area contributed by atoms with Gasteiger partial charge in [0.1, 0.15) is 5.60 Å². The molecule has 2 heterocycles. The van der Waals surface area contributed by atoms with E-state index in [4.69, 9.17) is 4.74 Å². The summed E-state index contributed by atoms with van der Waals surface area (Å²) in [6.45, 7) is 9.46. The Morgan fingerprint density at radius 1 is 1.36 bits per heavy atom. The maximum absolute atomic E-state index is 12.6. The van der Waals surface area contributed by atoms with Gasteiger partial charge in [0.25, 0.3) is 5.91 Å². The minimum absolute atomic E-state index is 0.0112. The standard InChI is InChI=1S/C19H29N3O3/c1-14-8-9-16(11-20-14)17(23)22-10-6-7-15(13-22)12-21(5)18(24)25-19(2,3)4/h8-9,11,15H,6-7,10,12-13H2,1-5H3. The molecule has 0 N–H and O–H groups in total. The molecule has 0 bridgehead atoms. The van der Waals surface area contributed by atoms with Gasteiger partial charge >= 0.3 is 6.09 Å². The van der Waals surface area contributed by atoms with Crippen LogP contribution in [0.15, 0.2) is 18.3 Å². The van der Waals surface area contributed by atoms with E-state index in [2.05, 4.69) is 4.98 Å². The largest absolute Gasteiger partial charge is 0.444 e. The monoisotopic (exact) mass is 347 g/mol. The molecule has 2 rings (SSSR count). The van der Waals surface area contributed by atoms with Crippen molar-refractivity contribution in [2.24, 2.45) is 5.92 Å². The number of aromatic nitrogens is 1. The van der Waals surface area contributed by atoms with Gasteiger partial charge in [-0.15, -0.1) is 0 Å². The van der Waals surface area contributed by atoms with Crippen LogP contribution in [0.4, 0.5) is 4.79 Å². The first kappa shape index (κ1) is 19.2. The molecule has 1 aromatic heterocycles. The summed E-state index contributed by atoms with van der Waals surface area (Å²) in [6, 6.07) is 3.67. The summed E-state index contributed by atoms with van der Waals surface area (Å²) in [5.74, 6) is 0.269. The highest BCUT2D eigenvalue weighted by molar-refractivity contribution is 5.94. The molecule has 25 heavy (non-hydrogen) atoms. The molecule has 1 aromatic rings. The number of rotatable bonds is 3.